The van der Waals surface area contributed by atoms with Gasteiger partial charge in [0.25, 0.3) is 0 Å². The molecule has 86 valence electrons. The fourth-order valence-electron chi connectivity index (χ4n) is 0.951. The van der Waals surface area contributed by atoms with Crippen LogP contribution < -0.4 is 10.7 Å². The summed E-state index contributed by atoms with van der Waals surface area (Å²) in [5.74, 6) is 0.559. The van der Waals surface area contributed by atoms with Crippen molar-refractivity contribution in [2.75, 3.05) is 6.54 Å². The van der Waals surface area contributed by atoms with Gasteiger partial charge >= 0.3 is 0 Å². The lowest BCUT2D eigenvalue weighted by Gasteiger charge is -2.08. The highest BCUT2D eigenvalue weighted by Crippen LogP contribution is 1.90. The summed E-state index contributed by atoms with van der Waals surface area (Å²) in [5.41, 5.74) is 3.74. The van der Waals surface area contributed by atoms with Gasteiger partial charge in [0.2, 0.25) is 0 Å². The van der Waals surface area contributed by atoms with Gasteiger partial charge in [0, 0.05) is 18.9 Å². The summed E-state index contributed by atoms with van der Waals surface area (Å²) in [7, 11) is 0. The van der Waals surface area contributed by atoms with Crippen molar-refractivity contribution in [3.8, 4) is 0 Å². The van der Waals surface area contributed by atoms with E-state index in [1.807, 2.05) is 12.1 Å². The zero-order chi connectivity index (χ0) is 11.8. The van der Waals surface area contributed by atoms with Gasteiger partial charge in [-0.2, -0.15) is 5.10 Å². The minimum absolute atomic E-state index is 0.541. The maximum absolute atomic E-state index is 5.04. The Morgan fingerprint density at radius 3 is 2.81 bits per heavy atom. The topological polar surface area (TPSA) is 49.3 Å². The molecule has 0 aliphatic heterocycles. The lowest BCUT2D eigenvalue weighted by molar-refractivity contribution is 0.621. The second-order valence-corrected chi connectivity index (χ2v) is 4.16. The van der Waals surface area contributed by atoms with Crippen LogP contribution in [0.25, 0.3) is 0 Å². The molecule has 0 fully saturated rings. The Bertz CT molecular complexity index is 348. The van der Waals surface area contributed by atoms with E-state index in [-0.39, 0.29) is 0 Å². The SMILES string of the molecule is CC(C)CNC(=S)NN=Cc1ccncc1. The molecule has 0 saturated heterocycles. The van der Waals surface area contributed by atoms with Crippen molar-refractivity contribution >= 4 is 23.5 Å². The van der Waals surface area contributed by atoms with Crippen molar-refractivity contribution in [3.63, 3.8) is 0 Å². The third-order valence-corrected chi connectivity index (χ3v) is 1.99. The molecule has 0 spiro atoms. The Balaban J connectivity index is 2.29. The number of hydrogen-bond donors (Lipinski definition) is 2. The number of pyridine rings is 1. The zero-order valence-corrected chi connectivity index (χ0v) is 10.3. The summed E-state index contributed by atoms with van der Waals surface area (Å²) in [6.45, 7) is 5.09. The van der Waals surface area contributed by atoms with E-state index in [4.69, 9.17) is 12.2 Å². The number of nitrogens with one attached hydrogen (secondary N) is 2. The van der Waals surface area contributed by atoms with Crippen LogP contribution in [0.4, 0.5) is 0 Å². The molecule has 0 aromatic carbocycles. The van der Waals surface area contributed by atoms with Crippen LogP contribution in [0.1, 0.15) is 19.4 Å². The molecule has 0 amide bonds. The van der Waals surface area contributed by atoms with Gasteiger partial charge in [0.15, 0.2) is 5.11 Å². The van der Waals surface area contributed by atoms with Crippen molar-refractivity contribution in [2.45, 2.75) is 13.8 Å². The van der Waals surface area contributed by atoms with Crippen molar-refractivity contribution in [2.24, 2.45) is 11.0 Å². The van der Waals surface area contributed by atoms with Crippen LogP contribution in [0.5, 0.6) is 0 Å². The molecule has 0 atom stereocenters. The molecule has 0 radical (unpaired) electrons. The quantitative estimate of drug-likeness (QED) is 0.473. The van der Waals surface area contributed by atoms with Crippen molar-refractivity contribution in [1.29, 1.82) is 0 Å². The predicted octanol–water partition coefficient (Wildman–Crippen LogP) is 1.54. The van der Waals surface area contributed by atoms with Crippen molar-refractivity contribution in [3.05, 3.63) is 30.1 Å². The molecule has 16 heavy (non-hydrogen) atoms. The van der Waals surface area contributed by atoms with Gasteiger partial charge in [0.1, 0.15) is 0 Å². The van der Waals surface area contributed by atoms with E-state index in [9.17, 15) is 0 Å². The van der Waals surface area contributed by atoms with E-state index < -0.39 is 0 Å². The van der Waals surface area contributed by atoms with E-state index in [1.54, 1.807) is 18.6 Å². The lowest BCUT2D eigenvalue weighted by Crippen LogP contribution is -2.34. The van der Waals surface area contributed by atoms with E-state index >= 15 is 0 Å². The number of hydrogen-bond acceptors (Lipinski definition) is 3. The summed E-state index contributed by atoms with van der Waals surface area (Å²) < 4.78 is 0. The Labute approximate surface area is 101 Å². The Morgan fingerprint density at radius 1 is 1.50 bits per heavy atom. The molecule has 0 saturated carbocycles. The second-order valence-electron chi connectivity index (χ2n) is 3.75. The maximum atomic E-state index is 5.04. The fraction of sp³-hybridized carbons (Fsp3) is 0.364. The van der Waals surface area contributed by atoms with Crippen LogP contribution in [0.3, 0.4) is 0 Å². The zero-order valence-electron chi connectivity index (χ0n) is 9.47. The van der Waals surface area contributed by atoms with Gasteiger partial charge in [-0.1, -0.05) is 13.8 Å². The summed E-state index contributed by atoms with van der Waals surface area (Å²) in [4.78, 5) is 3.92. The van der Waals surface area contributed by atoms with Crippen LogP contribution in [0.2, 0.25) is 0 Å². The molecule has 0 aliphatic rings. The monoisotopic (exact) mass is 236 g/mol. The largest absolute Gasteiger partial charge is 0.361 e. The number of thiocarbonyl (C=S) groups is 1. The molecule has 0 aliphatic carbocycles. The normalized spacial score (nSPS) is 10.7. The van der Waals surface area contributed by atoms with Gasteiger partial charge in [-0.05, 0) is 35.8 Å². The molecule has 2 N–H and O–H groups in total. The van der Waals surface area contributed by atoms with Gasteiger partial charge < -0.3 is 5.32 Å². The summed E-state index contributed by atoms with van der Waals surface area (Å²) >= 11 is 5.04. The molecular weight excluding hydrogens is 220 g/mol. The fourth-order valence-corrected chi connectivity index (χ4v) is 1.09. The van der Waals surface area contributed by atoms with Crippen molar-refractivity contribution in [1.82, 2.24) is 15.7 Å². The first-order valence-corrected chi connectivity index (χ1v) is 5.56. The Kier molecular flexibility index (Phi) is 5.42. The minimum Gasteiger partial charge on any atom is -0.361 e. The summed E-state index contributed by atoms with van der Waals surface area (Å²) in [5, 5.41) is 7.62. The molecular formula is C11H16N4S. The van der Waals surface area contributed by atoms with E-state index in [2.05, 4.69) is 34.7 Å². The van der Waals surface area contributed by atoms with Crippen LogP contribution in [-0.2, 0) is 0 Å². The average molecular weight is 236 g/mol. The predicted molar refractivity (Wildman–Crippen MR) is 70.4 cm³/mol. The molecule has 0 bridgehead atoms. The van der Waals surface area contributed by atoms with Gasteiger partial charge in [0.05, 0.1) is 6.21 Å². The number of rotatable bonds is 4. The molecule has 1 heterocycles. The summed E-state index contributed by atoms with van der Waals surface area (Å²) in [6, 6.07) is 3.74. The Morgan fingerprint density at radius 2 is 2.19 bits per heavy atom. The van der Waals surface area contributed by atoms with E-state index in [0.717, 1.165) is 12.1 Å². The van der Waals surface area contributed by atoms with Crippen LogP contribution in [0.15, 0.2) is 29.6 Å². The molecule has 1 aromatic heterocycles. The molecule has 5 heteroatoms. The lowest BCUT2D eigenvalue weighted by atomic mass is 10.2. The smallest absolute Gasteiger partial charge is 0.186 e. The van der Waals surface area contributed by atoms with E-state index in [0.29, 0.717) is 11.0 Å². The third-order valence-electron chi connectivity index (χ3n) is 1.76. The van der Waals surface area contributed by atoms with Gasteiger partial charge in [-0.15, -0.1) is 0 Å². The summed E-state index contributed by atoms with van der Waals surface area (Å²) in [6.07, 6.45) is 5.14. The third kappa shape index (κ3) is 5.41. The molecule has 4 nitrogen and oxygen atoms in total. The van der Waals surface area contributed by atoms with Gasteiger partial charge in [-0.3, -0.25) is 10.4 Å². The minimum atomic E-state index is 0.541. The second kappa shape index (κ2) is 6.90. The highest BCUT2D eigenvalue weighted by molar-refractivity contribution is 7.80. The van der Waals surface area contributed by atoms with Crippen molar-refractivity contribution < 1.29 is 0 Å². The first-order chi connectivity index (χ1) is 7.68. The van der Waals surface area contributed by atoms with Gasteiger partial charge in [-0.25, -0.2) is 0 Å². The van der Waals surface area contributed by atoms with Crippen LogP contribution in [-0.4, -0.2) is 22.9 Å². The molecule has 0 unspecified atom stereocenters. The number of aromatic nitrogens is 1. The molecule has 1 aromatic rings. The first-order valence-electron chi connectivity index (χ1n) is 5.15. The maximum Gasteiger partial charge on any atom is 0.186 e. The highest BCUT2D eigenvalue weighted by atomic mass is 32.1. The Hall–Kier alpha value is -1.49. The standard InChI is InChI=1S/C11H16N4S/c1-9(2)7-13-11(16)15-14-8-10-3-5-12-6-4-10/h3-6,8-9H,7H2,1-2H3,(H2,13,15,16). The highest BCUT2D eigenvalue weighted by Gasteiger charge is 1.95. The number of hydrazone groups is 1. The first kappa shape index (κ1) is 12.6. The molecule has 1 rings (SSSR count). The average Bonchev–Trinajstić information content (AvgIpc) is 2.28. The van der Waals surface area contributed by atoms with E-state index in [1.165, 1.54) is 0 Å². The van der Waals surface area contributed by atoms with Crippen LogP contribution >= 0.6 is 12.2 Å². The number of nitrogens with zero attached hydrogens (tertiary/aromatic N) is 2. The van der Waals surface area contributed by atoms with Crippen LogP contribution in [0, 0.1) is 5.92 Å².